The second kappa shape index (κ2) is 5.89. The second-order valence-electron chi connectivity index (χ2n) is 5.02. The second-order valence-corrected chi connectivity index (χ2v) is 6.31. The molecular formula is C17H13N3O2S. The summed E-state index contributed by atoms with van der Waals surface area (Å²) >= 11 is 1.46. The Morgan fingerprint density at radius 1 is 0.913 bits per heavy atom. The van der Waals surface area contributed by atoms with Gasteiger partial charge in [-0.3, -0.25) is 0 Å². The van der Waals surface area contributed by atoms with Gasteiger partial charge in [-0.15, -0.1) is 10.2 Å². The summed E-state index contributed by atoms with van der Waals surface area (Å²) in [5.74, 6) is 1.07. The van der Waals surface area contributed by atoms with Crippen LogP contribution in [0.2, 0.25) is 0 Å². The van der Waals surface area contributed by atoms with E-state index in [0.717, 1.165) is 16.7 Å². The summed E-state index contributed by atoms with van der Waals surface area (Å²) in [6, 6.07) is 17.4. The Morgan fingerprint density at radius 3 is 2.52 bits per heavy atom. The zero-order valence-electron chi connectivity index (χ0n) is 12.3. The van der Waals surface area contributed by atoms with Crippen LogP contribution in [-0.4, -0.2) is 15.2 Å². The van der Waals surface area contributed by atoms with E-state index in [1.807, 2.05) is 61.5 Å². The molecule has 1 atom stereocenters. The molecule has 0 radical (unpaired) electrons. The van der Waals surface area contributed by atoms with E-state index in [2.05, 4.69) is 15.2 Å². The minimum absolute atomic E-state index is 0.0481. The van der Waals surface area contributed by atoms with Crippen molar-refractivity contribution in [2.45, 2.75) is 17.4 Å². The van der Waals surface area contributed by atoms with Gasteiger partial charge in [0, 0.05) is 5.56 Å². The Balaban J connectivity index is 1.55. The molecule has 4 rings (SSSR count). The van der Waals surface area contributed by atoms with Gasteiger partial charge in [-0.25, -0.2) is 4.98 Å². The molecule has 0 aliphatic heterocycles. The number of thioether (sulfide) groups is 1. The van der Waals surface area contributed by atoms with Crippen LogP contribution >= 0.6 is 11.8 Å². The van der Waals surface area contributed by atoms with E-state index in [0.29, 0.717) is 17.0 Å². The van der Waals surface area contributed by atoms with Gasteiger partial charge in [0.15, 0.2) is 5.58 Å². The number of fused-ring (bicyclic) bond motifs is 1. The van der Waals surface area contributed by atoms with Gasteiger partial charge in [0.1, 0.15) is 5.52 Å². The smallest absolute Gasteiger partial charge is 0.257 e. The standard InChI is InChI=1S/C17H13N3O2S/c1-11(23-17-18-13-9-5-6-10-14(13)21-17)15-19-20-16(22-15)12-7-3-2-4-8-12/h2-11H,1H3. The Bertz CT molecular complexity index is 900. The molecule has 0 saturated heterocycles. The largest absolute Gasteiger partial charge is 0.431 e. The molecule has 0 N–H and O–H groups in total. The molecule has 0 aliphatic carbocycles. The highest BCUT2D eigenvalue weighted by Gasteiger charge is 2.19. The predicted octanol–water partition coefficient (Wildman–Crippen LogP) is 4.73. The number of benzene rings is 2. The molecule has 114 valence electrons. The van der Waals surface area contributed by atoms with Gasteiger partial charge < -0.3 is 8.83 Å². The molecule has 0 amide bonds. The first-order valence-corrected chi connectivity index (χ1v) is 8.08. The minimum atomic E-state index is -0.0481. The number of hydrogen-bond donors (Lipinski definition) is 0. The van der Waals surface area contributed by atoms with Crippen LogP contribution < -0.4 is 0 Å². The lowest BCUT2D eigenvalue weighted by molar-refractivity contribution is 0.481. The molecule has 1 unspecified atom stereocenters. The Kier molecular flexibility index (Phi) is 3.59. The first kappa shape index (κ1) is 14.0. The van der Waals surface area contributed by atoms with Gasteiger partial charge in [-0.2, -0.15) is 0 Å². The van der Waals surface area contributed by atoms with E-state index >= 15 is 0 Å². The molecule has 0 fully saturated rings. The molecule has 2 aromatic heterocycles. The van der Waals surface area contributed by atoms with E-state index in [-0.39, 0.29) is 5.25 Å². The topological polar surface area (TPSA) is 65.0 Å². The summed E-state index contributed by atoms with van der Waals surface area (Å²) in [6.07, 6.45) is 0. The highest BCUT2D eigenvalue weighted by atomic mass is 32.2. The number of nitrogens with zero attached hydrogens (tertiary/aromatic N) is 3. The van der Waals surface area contributed by atoms with Gasteiger partial charge in [0.05, 0.1) is 5.25 Å². The highest BCUT2D eigenvalue weighted by Crippen LogP contribution is 2.35. The average Bonchev–Trinajstić information content (AvgIpc) is 3.22. The predicted molar refractivity (Wildman–Crippen MR) is 88.0 cm³/mol. The van der Waals surface area contributed by atoms with E-state index in [4.69, 9.17) is 8.83 Å². The molecular weight excluding hydrogens is 310 g/mol. The van der Waals surface area contributed by atoms with Crippen LogP contribution in [0.4, 0.5) is 0 Å². The molecule has 5 nitrogen and oxygen atoms in total. The van der Waals surface area contributed by atoms with Crippen LogP contribution in [0.3, 0.4) is 0 Å². The summed E-state index contributed by atoms with van der Waals surface area (Å²) in [5, 5.41) is 8.79. The van der Waals surface area contributed by atoms with Gasteiger partial charge >= 0.3 is 0 Å². The number of oxazole rings is 1. The maximum atomic E-state index is 5.77. The number of aromatic nitrogens is 3. The van der Waals surface area contributed by atoms with Gasteiger partial charge in [-0.05, 0) is 31.2 Å². The summed E-state index contributed by atoms with van der Waals surface area (Å²) in [4.78, 5) is 4.45. The summed E-state index contributed by atoms with van der Waals surface area (Å²) in [7, 11) is 0. The number of rotatable bonds is 4. The lowest BCUT2D eigenvalue weighted by atomic mass is 10.2. The van der Waals surface area contributed by atoms with Crippen molar-refractivity contribution in [1.29, 1.82) is 0 Å². The van der Waals surface area contributed by atoms with Crippen molar-refractivity contribution in [2.75, 3.05) is 0 Å². The third-order valence-corrected chi connectivity index (χ3v) is 4.29. The van der Waals surface area contributed by atoms with E-state index in [9.17, 15) is 0 Å². The molecule has 6 heteroatoms. The molecule has 0 aliphatic rings. The zero-order valence-corrected chi connectivity index (χ0v) is 13.2. The van der Waals surface area contributed by atoms with Crippen molar-refractivity contribution >= 4 is 22.9 Å². The van der Waals surface area contributed by atoms with Crippen LogP contribution in [0.5, 0.6) is 0 Å². The Hall–Kier alpha value is -2.60. The third-order valence-electron chi connectivity index (χ3n) is 3.36. The average molecular weight is 323 g/mol. The fraction of sp³-hybridized carbons (Fsp3) is 0.118. The maximum absolute atomic E-state index is 5.77. The lowest BCUT2D eigenvalue weighted by Crippen LogP contribution is -1.88. The van der Waals surface area contributed by atoms with Crippen LogP contribution in [0.15, 0.2) is 68.7 Å². The Morgan fingerprint density at radius 2 is 1.70 bits per heavy atom. The monoisotopic (exact) mass is 323 g/mol. The van der Waals surface area contributed by atoms with Crippen molar-refractivity contribution in [2.24, 2.45) is 0 Å². The van der Waals surface area contributed by atoms with Crippen molar-refractivity contribution in [3.05, 3.63) is 60.5 Å². The summed E-state index contributed by atoms with van der Waals surface area (Å²) in [6.45, 7) is 1.99. The maximum Gasteiger partial charge on any atom is 0.257 e. The molecule has 2 aromatic carbocycles. The first-order chi connectivity index (χ1) is 11.3. The number of hydrogen-bond acceptors (Lipinski definition) is 6. The van der Waals surface area contributed by atoms with Gasteiger partial charge in [0.2, 0.25) is 11.8 Å². The zero-order chi connectivity index (χ0) is 15.6. The molecule has 0 bridgehead atoms. The minimum Gasteiger partial charge on any atom is -0.431 e. The van der Waals surface area contributed by atoms with E-state index < -0.39 is 0 Å². The quantitative estimate of drug-likeness (QED) is 0.506. The molecule has 0 saturated carbocycles. The van der Waals surface area contributed by atoms with Crippen LogP contribution in [0.1, 0.15) is 18.1 Å². The van der Waals surface area contributed by atoms with Gasteiger partial charge in [-0.1, -0.05) is 42.1 Å². The fourth-order valence-corrected chi connectivity index (χ4v) is 2.99. The molecule has 2 heterocycles. The Labute approximate surface area is 136 Å². The molecule has 4 aromatic rings. The van der Waals surface area contributed by atoms with Crippen LogP contribution in [-0.2, 0) is 0 Å². The van der Waals surface area contributed by atoms with Crippen molar-refractivity contribution in [3.8, 4) is 11.5 Å². The number of para-hydroxylation sites is 2. The van der Waals surface area contributed by atoms with Crippen molar-refractivity contribution in [3.63, 3.8) is 0 Å². The normalized spacial score (nSPS) is 12.6. The first-order valence-electron chi connectivity index (χ1n) is 7.20. The van der Waals surface area contributed by atoms with Gasteiger partial charge in [0.25, 0.3) is 5.22 Å². The molecule has 23 heavy (non-hydrogen) atoms. The third kappa shape index (κ3) is 2.85. The molecule has 0 spiro atoms. The van der Waals surface area contributed by atoms with Crippen LogP contribution in [0, 0.1) is 0 Å². The van der Waals surface area contributed by atoms with E-state index in [1.165, 1.54) is 11.8 Å². The van der Waals surface area contributed by atoms with E-state index in [1.54, 1.807) is 0 Å². The lowest BCUT2D eigenvalue weighted by Gasteiger charge is -2.01. The van der Waals surface area contributed by atoms with Crippen molar-refractivity contribution < 1.29 is 8.83 Å². The highest BCUT2D eigenvalue weighted by molar-refractivity contribution is 7.99. The van der Waals surface area contributed by atoms with Crippen molar-refractivity contribution in [1.82, 2.24) is 15.2 Å². The summed E-state index contributed by atoms with van der Waals surface area (Å²) < 4.78 is 11.5. The SMILES string of the molecule is CC(Sc1nc2ccccc2o1)c1nnc(-c2ccccc2)o1. The summed E-state index contributed by atoms with van der Waals surface area (Å²) in [5.41, 5.74) is 2.53. The van der Waals surface area contributed by atoms with Crippen LogP contribution in [0.25, 0.3) is 22.6 Å². The fourth-order valence-electron chi connectivity index (χ4n) is 2.20.